The zero-order valence-corrected chi connectivity index (χ0v) is 31.2. The number of fused-ring (bicyclic) bond motifs is 2. The van der Waals surface area contributed by atoms with Gasteiger partial charge in [-0.25, -0.2) is 9.59 Å². The van der Waals surface area contributed by atoms with Crippen molar-refractivity contribution in [3.05, 3.63) is 65.7 Å². The van der Waals surface area contributed by atoms with Crippen LogP contribution in [-0.4, -0.2) is 123 Å². The van der Waals surface area contributed by atoms with Crippen LogP contribution in [0.15, 0.2) is 54.6 Å². The van der Waals surface area contributed by atoms with E-state index in [1.807, 2.05) is 6.07 Å². The number of carbonyl (C=O) groups excluding carboxylic acids is 2. The minimum Gasteiger partial charge on any atom is -0.504 e. The van der Waals surface area contributed by atoms with Crippen LogP contribution in [0.2, 0.25) is 0 Å². The van der Waals surface area contributed by atoms with E-state index in [1.54, 1.807) is 70.9 Å². The van der Waals surface area contributed by atoms with E-state index in [4.69, 9.17) is 33.2 Å². The first-order chi connectivity index (χ1) is 25.5. The summed E-state index contributed by atoms with van der Waals surface area (Å²) < 4.78 is 44.6. The minimum atomic E-state index is -1.58. The lowest BCUT2D eigenvalue weighted by Gasteiger charge is -2.68. The highest BCUT2D eigenvalue weighted by atomic mass is 16.6. The number of nitrogens with zero attached hydrogens (tertiary/aromatic N) is 1. The van der Waals surface area contributed by atoms with Crippen LogP contribution in [0.1, 0.15) is 48.5 Å². The molecule has 6 fully saturated rings. The first kappa shape index (κ1) is 36.5. The smallest absolute Gasteiger partial charge is 0.338 e. The maximum absolute atomic E-state index is 14.4. The quantitative estimate of drug-likeness (QED) is 0.256. The third-order valence-corrected chi connectivity index (χ3v) is 14.3. The Hall–Kier alpha value is -3.52. The minimum absolute atomic E-state index is 0.0160. The topological polar surface area (TPSA) is 142 Å². The zero-order valence-electron chi connectivity index (χ0n) is 31.2. The third kappa shape index (κ3) is 4.82. The fourth-order valence-corrected chi connectivity index (χ4v) is 12.8. The van der Waals surface area contributed by atoms with E-state index >= 15 is 0 Å². The molecule has 5 saturated carbocycles. The highest BCUT2D eigenvalue weighted by molar-refractivity contribution is 5.90. The average Bonchev–Trinajstić information content (AvgIpc) is 3.55. The standard InChI is InChI=1S/C41H51NO11/c1-7-42-22-38(51-6)18-17-28(48-3)41-25-20-39(46)29(49-4)21-40(32(35(41)42)33(50-5)34(38)41,31(25)36(39)52-37(45)24-11-9-8-10-12-24)53-30(44)16-14-23-13-15-26(43)27(19-23)47-2/h8-16,19,25,28-29,31-36,43,46H,7,17-18,20-22H2,1-6H3/b16-14+/t25-,28+,29+,31-,32-,33+,34-,35?,36-,38-,39+,40-,41?/m1/s1. The van der Waals surface area contributed by atoms with E-state index in [0.717, 1.165) is 12.8 Å². The summed E-state index contributed by atoms with van der Waals surface area (Å²) in [5.41, 5.74) is -3.09. The summed E-state index contributed by atoms with van der Waals surface area (Å²) in [5.74, 6) is -2.45. The van der Waals surface area contributed by atoms with Crippen molar-refractivity contribution >= 4 is 18.0 Å². The molecule has 0 radical (unpaired) electrons. The molecule has 2 aromatic rings. The molecule has 53 heavy (non-hydrogen) atoms. The predicted molar refractivity (Wildman–Crippen MR) is 191 cm³/mol. The molecule has 2 N–H and O–H groups in total. The summed E-state index contributed by atoms with van der Waals surface area (Å²) in [6.45, 7) is 3.53. The Labute approximate surface area is 310 Å². The summed E-state index contributed by atoms with van der Waals surface area (Å²) in [7, 11) is 8.26. The number of hydrogen-bond acceptors (Lipinski definition) is 12. The van der Waals surface area contributed by atoms with Crippen LogP contribution in [0.4, 0.5) is 0 Å². The number of likely N-dealkylation sites (N-methyl/N-ethyl adjacent to an activating group) is 1. The third-order valence-electron chi connectivity index (χ3n) is 14.3. The number of carbonyl (C=O) groups is 2. The van der Waals surface area contributed by atoms with Crippen LogP contribution >= 0.6 is 0 Å². The van der Waals surface area contributed by atoms with Crippen molar-refractivity contribution in [3.8, 4) is 11.5 Å². The van der Waals surface area contributed by atoms with E-state index in [9.17, 15) is 19.8 Å². The van der Waals surface area contributed by atoms with Gasteiger partial charge < -0.3 is 43.4 Å². The number of methoxy groups -OCH3 is 5. The molecule has 1 saturated heterocycles. The SMILES string of the molecule is CCN1C[C@]2(OC)CC[C@H](OC)C34C1[C@@H]([C@H](OC)[C@@H]32)[C@@]1(OC(=O)/C=C/c2ccc(O)c(OC)c2)C[C@H](OC)[C@@]2(O)C[C@@H]4[C@@H]1[C@H]2OC(=O)c1ccccc1. The van der Waals surface area contributed by atoms with Crippen molar-refractivity contribution < 1.29 is 53.0 Å². The molecule has 286 valence electrons. The van der Waals surface area contributed by atoms with E-state index in [0.29, 0.717) is 24.2 Å². The van der Waals surface area contributed by atoms with Gasteiger partial charge in [0.2, 0.25) is 0 Å². The Kier molecular flexibility index (Phi) is 8.98. The second-order valence-electron chi connectivity index (χ2n) is 15.8. The van der Waals surface area contributed by atoms with Gasteiger partial charge in [0.05, 0.1) is 36.6 Å². The number of benzene rings is 2. The molecule has 1 spiro atoms. The van der Waals surface area contributed by atoms with Gasteiger partial charge in [-0.2, -0.15) is 0 Å². The van der Waals surface area contributed by atoms with Gasteiger partial charge in [0.25, 0.3) is 0 Å². The second-order valence-corrected chi connectivity index (χ2v) is 15.8. The van der Waals surface area contributed by atoms with Crippen molar-refractivity contribution in [1.29, 1.82) is 0 Å². The van der Waals surface area contributed by atoms with E-state index in [2.05, 4.69) is 11.8 Å². The molecular formula is C41H51NO11. The lowest BCUT2D eigenvalue weighted by Crippen LogP contribution is -2.78. The fraction of sp³-hybridized carbons (Fsp3) is 0.610. The number of ether oxygens (including phenoxy) is 7. The maximum atomic E-state index is 14.4. The normalized spacial score (nSPS) is 42.1. The highest BCUT2D eigenvalue weighted by Gasteiger charge is 2.90. The number of aliphatic hydroxyl groups is 1. The molecule has 1 aliphatic heterocycles. The second kappa shape index (κ2) is 13.1. The Balaban J connectivity index is 1.32. The molecule has 7 bridgehead atoms. The molecule has 8 rings (SSSR count). The number of aromatic hydroxyl groups is 1. The summed E-state index contributed by atoms with van der Waals surface area (Å²) >= 11 is 0. The lowest BCUT2D eigenvalue weighted by atomic mass is 9.45. The number of esters is 2. The maximum Gasteiger partial charge on any atom is 0.338 e. The summed E-state index contributed by atoms with van der Waals surface area (Å²) in [6.07, 6.45) is 2.35. The molecule has 1 heterocycles. The molecule has 12 nitrogen and oxygen atoms in total. The molecule has 2 unspecified atom stereocenters. The average molecular weight is 734 g/mol. The number of likely N-dealkylation sites (tertiary alicyclic amines) is 1. The number of piperidine rings is 1. The van der Waals surface area contributed by atoms with Crippen LogP contribution in [0.3, 0.4) is 0 Å². The monoisotopic (exact) mass is 733 g/mol. The number of hydrogen-bond donors (Lipinski definition) is 2. The van der Waals surface area contributed by atoms with Gasteiger partial charge in [-0.15, -0.1) is 0 Å². The molecular weight excluding hydrogens is 682 g/mol. The van der Waals surface area contributed by atoms with E-state index in [1.165, 1.54) is 19.3 Å². The van der Waals surface area contributed by atoms with Crippen LogP contribution < -0.4 is 4.74 Å². The molecule has 0 amide bonds. The van der Waals surface area contributed by atoms with Gasteiger partial charge in [0.1, 0.15) is 17.3 Å². The number of phenolic OH excluding ortho intramolecular Hbond substituents is 1. The molecule has 0 aromatic heterocycles. The highest BCUT2D eigenvalue weighted by Crippen LogP contribution is 2.79. The first-order valence-corrected chi connectivity index (χ1v) is 18.7. The van der Waals surface area contributed by atoms with Crippen molar-refractivity contribution in [1.82, 2.24) is 4.90 Å². The fourth-order valence-electron chi connectivity index (χ4n) is 12.8. The molecule has 2 aromatic carbocycles. The lowest BCUT2D eigenvalue weighted by molar-refractivity contribution is -0.294. The van der Waals surface area contributed by atoms with Crippen LogP contribution in [0, 0.1) is 29.1 Å². The van der Waals surface area contributed by atoms with Gasteiger partial charge >= 0.3 is 11.9 Å². The predicted octanol–water partition coefficient (Wildman–Crippen LogP) is 3.87. The van der Waals surface area contributed by atoms with Gasteiger partial charge in [0, 0.05) is 76.7 Å². The van der Waals surface area contributed by atoms with Gasteiger partial charge in [0.15, 0.2) is 11.5 Å². The van der Waals surface area contributed by atoms with E-state index in [-0.39, 0.29) is 48.3 Å². The largest absolute Gasteiger partial charge is 0.504 e. The zero-order chi connectivity index (χ0) is 37.5. The van der Waals surface area contributed by atoms with Crippen LogP contribution in [0.25, 0.3) is 6.08 Å². The van der Waals surface area contributed by atoms with Crippen LogP contribution in [-0.2, 0) is 33.2 Å². The molecule has 12 heteroatoms. The van der Waals surface area contributed by atoms with Crippen molar-refractivity contribution in [2.75, 3.05) is 48.6 Å². The van der Waals surface area contributed by atoms with Crippen molar-refractivity contribution in [2.24, 2.45) is 29.1 Å². The summed E-state index contributed by atoms with van der Waals surface area (Å²) in [4.78, 5) is 30.8. The van der Waals surface area contributed by atoms with Crippen molar-refractivity contribution in [2.45, 2.75) is 79.9 Å². The van der Waals surface area contributed by atoms with Crippen LogP contribution in [0.5, 0.6) is 11.5 Å². The van der Waals surface area contributed by atoms with Gasteiger partial charge in [-0.05, 0) is 67.6 Å². The molecule has 5 aliphatic carbocycles. The Morgan fingerprint density at radius 3 is 2.38 bits per heavy atom. The Bertz CT molecular complexity index is 1770. The molecule has 13 atom stereocenters. The molecule has 6 aliphatic rings. The first-order valence-electron chi connectivity index (χ1n) is 18.7. The number of phenols is 1. The van der Waals surface area contributed by atoms with Crippen molar-refractivity contribution in [3.63, 3.8) is 0 Å². The summed E-state index contributed by atoms with van der Waals surface area (Å²) in [5, 5.41) is 23.1. The Morgan fingerprint density at radius 1 is 0.962 bits per heavy atom. The summed E-state index contributed by atoms with van der Waals surface area (Å²) in [6, 6.07) is 13.4. The number of rotatable bonds is 11. The Morgan fingerprint density at radius 2 is 1.72 bits per heavy atom. The van der Waals surface area contributed by atoms with Gasteiger partial charge in [-0.1, -0.05) is 31.2 Å². The van der Waals surface area contributed by atoms with E-state index < -0.39 is 64.3 Å². The van der Waals surface area contributed by atoms with Gasteiger partial charge in [-0.3, -0.25) is 4.90 Å².